The van der Waals surface area contributed by atoms with Crippen molar-refractivity contribution in [3.63, 3.8) is 0 Å². The lowest BCUT2D eigenvalue weighted by molar-refractivity contribution is 0.626. The van der Waals surface area contributed by atoms with Gasteiger partial charge < -0.3 is 9.80 Å². The van der Waals surface area contributed by atoms with Gasteiger partial charge in [0.1, 0.15) is 0 Å². The third-order valence-electron chi connectivity index (χ3n) is 5.19. The first-order valence-corrected chi connectivity index (χ1v) is 11.7. The van der Waals surface area contributed by atoms with E-state index in [1.165, 1.54) is 6.42 Å². The highest BCUT2D eigenvalue weighted by Gasteiger charge is 2.17. The van der Waals surface area contributed by atoms with E-state index in [9.17, 15) is 0 Å². The molecule has 0 heterocycles. The second-order valence-corrected chi connectivity index (χ2v) is 9.07. The van der Waals surface area contributed by atoms with Crippen LogP contribution in [0.15, 0.2) is 71.6 Å². The highest BCUT2D eigenvalue weighted by atomic mass is 35.5. The van der Waals surface area contributed by atoms with E-state index in [4.69, 9.17) is 11.6 Å². The van der Waals surface area contributed by atoms with Crippen LogP contribution in [0.4, 0.5) is 17.1 Å². The first-order valence-electron chi connectivity index (χ1n) is 10.9. The van der Waals surface area contributed by atoms with Crippen molar-refractivity contribution in [3.05, 3.63) is 71.8 Å². The number of halogens is 1. The van der Waals surface area contributed by atoms with Crippen molar-refractivity contribution in [3.8, 4) is 11.1 Å². The Kier molecular flexibility index (Phi) is 9.80. The molecule has 0 saturated heterocycles. The number of nitrogens with zero attached hydrogens (tertiary/aromatic N) is 2. The molecule has 0 spiro atoms. The molecule has 3 aromatic rings. The minimum Gasteiger partial charge on any atom is -0.376 e. The van der Waals surface area contributed by atoms with Crippen molar-refractivity contribution in [2.45, 2.75) is 39.0 Å². The molecular weight excluding hydrogens is 420 g/mol. The van der Waals surface area contributed by atoms with Gasteiger partial charge in [-0.15, -0.1) is 12.6 Å². The minimum absolute atomic E-state index is 0.735. The van der Waals surface area contributed by atoms with Crippen molar-refractivity contribution in [2.24, 2.45) is 5.92 Å². The molecule has 3 aromatic carbocycles. The monoisotopic (exact) mass is 454 g/mol. The zero-order valence-corrected chi connectivity index (χ0v) is 21.2. The van der Waals surface area contributed by atoms with Crippen molar-refractivity contribution < 1.29 is 0 Å². The van der Waals surface area contributed by atoms with Gasteiger partial charge in [0.2, 0.25) is 0 Å². The third kappa shape index (κ3) is 6.95. The van der Waals surface area contributed by atoms with E-state index in [1.807, 2.05) is 24.3 Å². The molecule has 0 saturated carbocycles. The van der Waals surface area contributed by atoms with Crippen LogP contribution in [0, 0.1) is 5.92 Å². The van der Waals surface area contributed by atoms with Crippen LogP contribution >= 0.6 is 24.2 Å². The molecule has 0 unspecified atom stereocenters. The molecule has 0 fully saturated rings. The van der Waals surface area contributed by atoms with Gasteiger partial charge in [-0.3, -0.25) is 0 Å². The Labute approximate surface area is 199 Å². The van der Waals surface area contributed by atoms with Gasteiger partial charge in [-0.2, -0.15) is 0 Å². The lowest BCUT2D eigenvalue weighted by atomic mass is 10.0. The number of anilines is 3. The Bertz CT molecular complexity index is 955. The molecule has 0 radical (unpaired) electrons. The molecule has 2 nitrogen and oxygen atoms in total. The summed E-state index contributed by atoms with van der Waals surface area (Å²) in [7, 11) is 4.12. The first-order chi connectivity index (χ1) is 14.8. The maximum absolute atomic E-state index is 6.71. The van der Waals surface area contributed by atoms with Gasteiger partial charge in [-0.25, -0.2) is 0 Å². The first kappa shape index (κ1) is 25.2. The van der Waals surface area contributed by atoms with E-state index in [0.29, 0.717) is 0 Å². The molecule has 0 amide bonds. The summed E-state index contributed by atoms with van der Waals surface area (Å²) in [5.41, 5.74) is 5.46. The van der Waals surface area contributed by atoms with E-state index < -0.39 is 0 Å². The maximum atomic E-state index is 6.71. The number of thiol groups is 1. The zero-order valence-electron chi connectivity index (χ0n) is 19.6. The maximum Gasteiger partial charge on any atom is 0.0663 e. The number of rotatable bonds is 6. The Balaban J connectivity index is 0.000000614. The Morgan fingerprint density at radius 2 is 1.52 bits per heavy atom. The largest absolute Gasteiger partial charge is 0.376 e. The van der Waals surface area contributed by atoms with Crippen LogP contribution in [0.2, 0.25) is 5.02 Å². The van der Waals surface area contributed by atoms with Gasteiger partial charge in [-0.1, -0.05) is 69.1 Å². The van der Waals surface area contributed by atoms with E-state index in [1.54, 1.807) is 0 Å². The van der Waals surface area contributed by atoms with Gasteiger partial charge >= 0.3 is 0 Å². The molecule has 0 atom stereocenters. The average molecular weight is 455 g/mol. The summed E-state index contributed by atoms with van der Waals surface area (Å²) in [4.78, 5) is 5.33. The summed E-state index contributed by atoms with van der Waals surface area (Å²) in [6.45, 7) is 9.65. The fourth-order valence-electron chi connectivity index (χ4n) is 3.12. The van der Waals surface area contributed by atoms with E-state index in [2.05, 4.69) is 107 Å². The summed E-state index contributed by atoms with van der Waals surface area (Å²) in [5.74, 6) is 0.884. The van der Waals surface area contributed by atoms with Crippen LogP contribution in [0.5, 0.6) is 0 Å². The molecule has 0 aliphatic heterocycles. The van der Waals surface area contributed by atoms with E-state index in [-0.39, 0.29) is 0 Å². The van der Waals surface area contributed by atoms with Crippen LogP contribution in [0.3, 0.4) is 0 Å². The van der Waals surface area contributed by atoms with Gasteiger partial charge in [0.05, 0.1) is 16.4 Å². The fraction of sp³-hybridized carbons (Fsp3) is 0.333. The van der Waals surface area contributed by atoms with Crippen LogP contribution in [0.25, 0.3) is 11.1 Å². The summed E-state index contributed by atoms with van der Waals surface area (Å²) in [6, 6.07) is 22.7. The standard InChI is InChI=1S/C22H23ClN2S.C5H12/c1-4-25(17-10-6-5-7-11-17)22-15-20(23)19(14-21(22)24(2)3)16-9-8-12-18(26)13-16;1-4-5(2)3/h5-15,26H,4H2,1-3H3;5H,4H2,1-3H3. The predicted molar refractivity (Wildman–Crippen MR) is 143 cm³/mol. The van der Waals surface area contributed by atoms with Gasteiger partial charge in [-0.05, 0) is 54.8 Å². The topological polar surface area (TPSA) is 6.48 Å². The second kappa shape index (κ2) is 12.1. The van der Waals surface area contributed by atoms with Crippen molar-refractivity contribution in [1.82, 2.24) is 0 Å². The van der Waals surface area contributed by atoms with Crippen molar-refractivity contribution in [2.75, 3.05) is 30.4 Å². The highest BCUT2D eigenvalue weighted by molar-refractivity contribution is 7.80. The molecule has 4 heteroatoms. The number of hydrogen-bond donors (Lipinski definition) is 1. The Morgan fingerprint density at radius 1 is 0.871 bits per heavy atom. The quantitative estimate of drug-likeness (QED) is 0.372. The summed E-state index contributed by atoms with van der Waals surface area (Å²) >= 11 is 11.2. The predicted octanol–water partition coefficient (Wildman–Crippen LogP) is 8.57. The van der Waals surface area contributed by atoms with Crippen molar-refractivity contribution in [1.29, 1.82) is 0 Å². The normalized spacial score (nSPS) is 10.5. The molecule has 166 valence electrons. The van der Waals surface area contributed by atoms with Crippen LogP contribution < -0.4 is 9.80 Å². The van der Waals surface area contributed by atoms with Gasteiger partial charge in [0.15, 0.2) is 0 Å². The summed E-state index contributed by atoms with van der Waals surface area (Å²) < 4.78 is 0. The lowest BCUT2D eigenvalue weighted by Crippen LogP contribution is -2.20. The molecule has 0 aliphatic carbocycles. The summed E-state index contributed by atoms with van der Waals surface area (Å²) in [6.07, 6.45) is 1.31. The third-order valence-corrected chi connectivity index (χ3v) is 5.79. The molecule has 31 heavy (non-hydrogen) atoms. The van der Waals surface area contributed by atoms with Crippen molar-refractivity contribution >= 4 is 41.3 Å². The number of para-hydroxylation sites is 1. The van der Waals surface area contributed by atoms with Crippen LogP contribution in [-0.4, -0.2) is 20.6 Å². The van der Waals surface area contributed by atoms with Crippen LogP contribution in [-0.2, 0) is 0 Å². The van der Waals surface area contributed by atoms with Crippen LogP contribution in [0.1, 0.15) is 34.1 Å². The SMILES string of the molecule is CCC(C)C.CCN(c1ccccc1)c1cc(Cl)c(-c2cccc(S)c2)cc1N(C)C. The average Bonchev–Trinajstić information content (AvgIpc) is 2.75. The molecule has 0 aliphatic rings. The van der Waals surface area contributed by atoms with Gasteiger partial charge in [0, 0.05) is 36.8 Å². The molecule has 0 aromatic heterocycles. The smallest absolute Gasteiger partial charge is 0.0663 e. The molecule has 0 N–H and O–H groups in total. The lowest BCUT2D eigenvalue weighted by Gasteiger charge is -2.29. The fourth-order valence-corrected chi connectivity index (χ4v) is 3.61. The number of hydrogen-bond acceptors (Lipinski definition) is 3. The molecular formula is C27H35ClN2S. The number of benzene rings is 3. The van der Waals surface area contributed by atoms with E-state index in [0.717, 1.165) is 50.6 Å². The second-order valence-electron chi connectivity index (χ2n) is 8.15. The Hall–Kier alpha value is -2.10. The Morgan fingerprint density at radius 3 is 2.03 bits per heavy atom. The van der Waals surface area contributed by atoms with Gasteiger partial charge in [0.25, 0.3) is 0 Å². The zero-order chi connectivity index (χ0) is 23.0. The minimum atomic E-state index is 0.735. The summed E-state index contributed by atoms with van der Waals surface area (Å²) in [5, 5.41) is 0.735. The molecule has 3 rings (SSSR count). The van der Waals surface area contributed by atoms with E-state index >= 15 is 0 Å². The molecule has 0 bridgehead atoms. The highest BCUT2D eigenvalue weighted by Crippen LogP contribution is 2.41.